The number of thioether (sulfide) groups is 1. The van der Waals surface area contributed by atoms with Crippen LogP contribution in [0.3, 0.4) is 0 Å². The number of nitriles is 1. The highest BCUT2D eigenvalue weighted by Gasteiger charge is 2.34. The van der Waals surface area contributed by atoms with E-state index in [9.17, 15) is 9.59 Å². The molecule has 4 rings (SSSR count). The molecule has 1 N–H and O–H groups in total. The number of carbonyl (C=O) groups excluding carboxylic acids is 2. The molecule has 2 amide bonds. The first-order valence-electron chi connectivity index (χ1n) is 9.80. The highest BCUT2D eigenvalue weighted by molar-refractivity contribution is 7.99. The molecular formula is C22H18ClN5O3S. The highest BCUT2D eigenvalue weighted by Crippen LogP contribution is 2.24. The average Bonchev–Trinajstić information content (AvgIpc) is 3.49. The van der Waals surface area contributed by atoms with Crippen LogP contribution in [0, 0.1) is 11.3 Å². The Bertz CT molecular complexity index is 1160. The second kappa shape index (κ2) is 9.85. The van der Waals surface area contributed by atoms with Crippen LogP contribution in [-0.4, -0.2) is 44.5 Å². The normalized spacial score (nSPS) is 15.4. The van der Waals surface area contributed by atoms with Crippen molar-refractivity contribution in [1.82, 2.24) is 15.0 Å². The minimum absolute atomic E-state index is 0.152. The third kappa shape index (κ3) is 5.10. The molecule has 32 heavy (non-hydrogen) atoms. The third-order valence-electron chi connectivity index (χ3n) is 4.91. The summed E-state index contributed by atoms with van der Waals surface area (Å²) >= 11 is 7.42. The van der Waals surface area contributed by atoms with Crippen molar-refractivity contribution >= 4 is 40.9 Å². The molecule has 8 nitrogen and oxygen atoms in total. The Labute approximate surface area is 193 Å². The summed E-state index contributed by atoms with van der Waals surface area (Å²) < 4.78 is 5.26. The predicted molar refractivity (Wildman–Crippen MR) is 121 cm³/mol. The molecule has 3 aromatic rings. The number of halogens is 1. The van der Waals surface area contributed by atoms with Gasteiger partial charge in [0.2, 0.25) is 23.5 Å². The van der Waals surface area contributed by atoms with E-state index in [1.165, 1.54) is 11.8 Å². The van der Waals surface area contributed by atoms with Crippen molar-refractivity contribution in [3.05, 3.63) is 65.0 Å². The number of aryl methyl sites for hydroxylation is 1. The number of amides is 2. The molecular weight excluding hydrogens is 450 g/mol. The van der Waals surface area contributed by atoms with Gasteiger partial charge in [0, 0.05) is 34.9 Å². The van der Waals surface area contributed by atoms with Gasteiger partial charge in [-0.2, -0.15) is 10.2 Å². The molecule has 0 bridgehead atoms. The lowest BCUT2D eigenvalue weighted by Gasteiger charge is -2.23. The number of nitrogens with one attached hydrogen (secondary N) is 1. The maximum absolute atomic E-state index is 12.8. The van der Waals surface area contributed by atoms with E-state index in [0.717, 1.165) is 5.56 Å². The van der Waals surface area contributed by atoms with Crippen LogP contribution in [0.15, 0.2) is 53.1 Å². The maximum Gasteiger partial charge on any atom is 0.248 e. The Morgan fingerprint density at radius 2 is 1.97 bits per heavy atom. The van der Waals surface area contributed by atoms with Gasteiger partial charge in [-0.15, -0.1) is 11.8 Å². The summed E-state index contributed by atoms with van der Waals surface area (Å²) in [5.74, 6) is 1.35. The number of benzene rings is 2. The van der Waals surface area contributed by atoms with Gasteiger partial charge in [0.1, 0.15) is 6.04 Å². The van der Waals surface area contributed by atoms with Crippen molar-refractivity contribution in [3.8, 4) is 17.5 Å². The Hall–Kier alpha value is -3.35. The number of carbonyl (C=O) groups is 2. The lowest BCUT2D eigenvalue weighted by atomic mass is 10.2. The van der Waals surface area contributed by atoms with Crippen LogP contribution < -0.4 is 5.32 Å². The van der Waals surface area contributed by atoms with Gasteiger partial charge in [0.05, 0.1) is 17.5 Å². The Morgan fingerprint density at radius 1 is 1.22 bits per heavy atom. The van der Waals surface area contributed by atoms with E-state index in [0.29, 0.717) is 39.6 Å². The summed E-state index contributed by atoms with van der Waals surface area (Å²) in [5, 5.41) is 16.3. The molecule has 0 spiro atoms. The van der Waals surface area contributed by atoms with Crippen molar-refractivity contribution in [1.29, 1.82) is 5.26 Å². The number of rotatable bonds is 6. The molecule has 1 aliphatic rings. The summed E-state index contributed by atoms with van der Waals surface area (Å²) in [6.07, 6.45) is 0.439. The Kier molecular flexibility index (Phi) is 6.73. The summed E-state index contributed by atoms with van der Waals surface area (Å²) in [4.78, 5) is 31.4. The van der Waals surface area contributed by atoms with Crippen molar-refractivity contribution in [2.24, 2.45) is 0 Å². The smallest absolute Gasteiger partial charge is 0.248 e. The summed E-state index contributed by atoms with van der Waals surface area (Å²) in [7, 11) is 0. The van der Waals surface area contributed by atoms with E-state index >= 15 is 0 Å². The van der Waals surface area contributed by atoms with Crippen LogP contribution in [0.5, 0.6) is 0 Å². The fraction of sp³-hybridized carbons (Fsp3) is 0.227. The van der Waals surface area contributed by atoms with Crippen LogP contribution in [-0.2, 0) is 16.0 Å². The second-order valence-electron chi connectivity index (χ2n) is 7.08. The fourth-order valence-corrected chi connectivity index (χ4v) is 4.50. The standard InChI is InChI=1S/C22H18ClN5O3S/c23-16-5-3-15(4-6-16)21-26-19(31-27-21)9-10-20(29)28-13-32-12-18(28)22(30)25-17-7-1-14(11-24)2-8-17/h1-8,18H,9-10,12-13H2,(H,25,30). The highest BCUT2D eigenvalue weighted by atomic mass is 35.5. The minimum Gasteiger partial charge on any atom is -0.339 e. The van der Waals surface area contributed by atoms with Crippen molar-refractivity contribution < 1.29 is 14.1 Å². The molecule has 10 heteroatoms. The molecule has 0 saturated carbocycles. The molecule has 2 aromatic carbocycles. The van der Waals surface area contributed by atoms with Crippen LogP contribution >= 0.6 is 23.4 Å². The minimum atomic E-state index is -0.560. The van der Waals surface area contributed by atoms with E-state index < -0.39 is 6.04 Å². The summed E-state index contributed by atoms with van der Waals surface area (Å²) in [6.45, 7) is 0. The van der Waals surface area contributed by atoms with Crippen molar-refractivity contribution in [2.75, 3.05) is 16.9 Å². The third-order valence-corrected chi connectivity index (χ3v) is 6.17. The molecule has 0 aliphatic carbocycles. The van der Waals surface area contributed by atoms with E-state index in [1.54, 1.807) is 53.4 Å². The number of nitrogens with zero attached hydrogens (tertiary/aromatic N) is 4. The van der Waals surface area contributed by atoms with Gasteiger partial charge in [-0.3, -0.25) is 9.59 Å². The molecule has 162 valence electrons. The monoisotopic (exact) mass is 467 g/mol. The zero-order valence-electron chi connectivity index (χ0n) is 16.8. The molecule has 1 aliphatic heterocycles. The van der Waals surface area contributed by atoms with Crippen molar-refractivity contribution in [3.63, 3.8) is 0 Å². The number of hydrogen-bond acceptors (Lipinski definition) is 7. The molecule has 0 radical (unpaired) electrons. The Morgan fingerprint density at radius 3 is 2.69 bits per heavy atom. The molecule has 1 fully saturated rings. The molecule has 2 heterocycles. The summed E-state index contributed by atoms with van der Waals surface area (Å²) in [5.41, 5.74) is 1.86. The maximum atomic E-state index is 12.8. The Balaban J connectivity index is 1.34. The first-order valence-corrected chi connectivity index (χ1v) is 11.3. The summed E-state index contributed by atoms with van der Waals surface area (Å²) in [6, 6.07) is 15.1. The van der Waals surface area contributed by atoms with Crippen LogP contribution in [0.2, 0.25) is 5.02 Å². The zero-order chi connectivity index (χ0) is 22.5. The fourth-order valence-electron chi connectivity index (χ4n) is 3.19. The van der Waals surface area contributed by atoms with Crippen molar-refractivity contribution in [2.45, 2.75) is 18.9 Å². The lowest BCUT2D eigenvalue weighted by molar-refractivity contribution is -0.136. The zero-order valence-corrected chi connectivity index (χ0v) is 18.4. The van der Waals surface area contributed by atoms with E-state index in [4.69, 9.17) is 21.4 Å². The van der Waals surface area contributed by atoms with Gasteiger partial charge >= 0.3 is 0 Å². The quantitative estimate of drug-likeness (QED) is 0.587. The SMILES string of the molecule is N#Cc1ccc(NC(=O)C2CSCN2C(=O)CCc2nc(-c3ccc(Cl)cc3)no2)cc1. The topological polar surface area (TPSA) is 112 Å². The second-order valence-corrected chi connectivity index (χ2v) is 8.51. The van der Waals surface area contributed by atoms with Crippen LogP contribution in [0.4, 0.5) is 5.69 Å². The van der Waals surface area contributed by atoms with Crippen LogP contribution in [0.25, 0.3) is 11.4 Å². The van der Waals surface area contributed by atoms with Gasteiger partial charge < -0.3 is 14.7 Å². The molecule has 1 atom stereocenters. The first kappa shape index (κ1) is 21.9. The largest absolute Gasteiger partial charge is 0.339 e. The van der Waals surface area contributed by atoms with Gasteiger partial charge in [-0.05, 0) is 48.5 Å². The van der Waals surface area contributed by atoms with E-state index in [-0.39, 0.29) is 24.7 Å². The molecule has 1 aromatic heterocycles. The average molecular weight is 468 g/mol. The number of anilines is 1. The van der Waals surface area contributed by atoms with Gasteiger partial charge in [0.15, 0.2) is 0 Å². The number of aromatic nitrogens is 2. The lowest BCUT2D eigenvalue weighted by Crippen LogP contribution is -2.44. The predicted octanol–water partition coefficient (Wildman–Crippen LogP) is 3.73. The van der Waals surface area contributed by atoms with E-state index in [1.807, 2.05) is 6.07 Å². The first-order chi connectivity index (χ1) is 15.5. The van der Waals surface area contributed by atoms with Gasteiger partial charge in [0.25, 0.3) is 0 Å². The molecule has 1 saturated heterocycles. The van der Waals surface area contributed by atoms with Gasteiger partial charge in [-0.25, -0.2) is 0 Å². The van der Waals surface area contributed by atoms with E-state index in [2.05, 4.69) is 15.5 Å². The van der Waals surface area contributed by atoms with Gasteiger partial charge in [-0.1, -0.05) is 16.8 Å². The van der Waals surface area contributed by atoms with Crippen LogP contribution in [0.1, 0.15) is 17.9 Å². The number of hydrogen-bond donors (Lipinski definition) is 1. The molecule has 1 unspecified atom stereocenters.